The molecule has 4 aliphatic rings. The minimum Gasteiger partial charge on any atom is -0.377 e. The van der Waals surface area contributed by atoms with E-state index in [1.165, 1.54) is 32.1 Å². The quantitative estimate of drug-likeness (QED) is 0.404. The fourth-order valence-electron chi connectivity index (χ4n) is 5.19. The Bertz CT molecular complexity index is 461. The number of hydrogen-bond acceptors (Lipinski definition) is 2. The summed E-state index contributed by atoms with van der Waals surface area (Å²) >= 11 is 0. The first-order valence-electron chi connectivity index (χ1n) is 8.66. The fourth-order valence-corrected chi connectivity index (χ4v) is 5.19. The molecule has 1 N–H and O–H groups in total. The maximum atomic E-state index is 6.02. The third-order valence-electron chi connectivity index (χ3n) is 6.51. The molecule has 5 heteroatoms. The Hall–Kier alpha value is -0.0400. The molecule has 4 fully saturated rings. The van der Waals surface area contributed by atoms with E-state index in [4.69, 9.17) is 4.74 Å². The van der Waals surface area contributed by atoms with Gasteiger partial charge in [-0.15, -0.1) is 24.0 Å². The van der Waals surface area contributed by atoms with E-state index in [1.54, 1.807) is 0 Å². The van der Waals surface area contributed by atoms with Gasteiger partial charge < -0.3 is 15.0 Å². The predicted molar refractivity (Wildman–Crippen MR) is 99.8 cm³/mol. The van der Waals surface area contributed by atoms with Crippen LogP contribution in [0.2, 0.25) is 0 Å². The van der Waals surface area contributed by atoms with Crippen LogP contribution in [0.3, 0.4) is 0 Å². The van der Waals surface area contributed by atoms with Gasteiger partial charge >= 0.3 is 0 Å². The van der Waals surface area contributed by atoms with Gasteiger partial charge in [0, 0.05) is 44.1 Å². The molecule has 2 saturated carbocycles. The van der Waals surface area contributed by atoms with Gasteiger partial charge in [-0.2, -0.15) is 0 Å². The molecule has 0 amide bonds. The van der Waals surface area contributed by atoms with E-state index in [1.807, 2.05) is 7.05 Å². The van der Waals surface area contributed by atoms with Crippen LogP contribution in [-0.2, 0) is 4.74 Å². The lowest BCUT2D eigenvalue weighted by Gasteiger charge is -2.63. The van der Waals surface area contributed by atoms with Crippen LogP contribution in [-0.4, -0.2) is 49.7 Å². The first-order valence-corrected chi connectivity index (χ1v) is 8.66. The van der Waals surface area contributed by atoms with E-state index in [2.05, 4.69) is 29.1 Å². The van der Waals surface area contributed by atoms with Crippen molar-refractivity contribution >= 4 is 29.9 Å². The highest BCUT2D eigenvalue weighted by molar-refractivity contribution is 14.0. The van der Waals surface area contributed by atoms with Gasteiger partial charge in [-0.05, 0) is 31.1 Å². The largest absolute Gasteiger partial charge is 0.377 e. The maximum absolute atomic E-state index is 6.02. The summed E-state index contributed by atoms with van der Waals surface area (Å²) < 4.78 is 6.02. The summed E-state index contributed by atoms with van der Waals surface area (Å²) in [6.45, 7) is 7.94. The molecule has 4 rings (SSSR count). The molecule has 4 nitrogen and oxygen atoms in total. The molecule has 0 aromatic rings. The Labute approximate surface area is 151 Å². The Balaban J connectivity index is 0.00000144. The van der Waals surface area contributed by atoms with Crippen molar-refractivity contribution in [1.29, 1.82) is 0 Å². The summed E-state index contributed by atoms with van der Waals surface area (Å²) in [5.74, 6) is 1.85. The molecule has 0 aromatic heterocycles. The number of ether oxygens (including phenoxy) is 1. The second-order valence-corrected chi connectivity index (χ2v) is 8.34. The van der Waals surface area contributed by atoms with E-state index in [0.29, 0.717) is 23.0 Å². The molecule has 1 spiro atoms. The number of guanidine groups is 1. The smallest absolute Gasteiger partial charge is 0.193 e. The third kappa shape index (κ3) is 2.38. The zero-order valence-electron chi connectivity index (χ0n) is 14.1. The van der Waals surface area contributed by atoms with Crippen molar-refractivity contribution < 1.29 is 4.74 Å². The van der Waals surface area contributed by atoms with E-state index in [9.17, 15) is 0 Å². The van der Waals surface area contributed by atoms with Crippen molar-refractivity contribution in [2.24, 2.45) is 21.7 Å². The molecule has 3 atom stereocenters. The lowest BCUT2D eigenvalue weighted by Crippen LogP contribution is -2.72. The molecule has 2 aliphatic carbocycles. The van der Waals surface area contributed by atoms with Gasteiger partial charge in [-0.3, -0.25) is 4.99 Å². The predicted octanol–water partition coefficient (Wildman–Crippen LogP) is 2.87. The van der Waals surface area contributed by atoms with E-state index in [0.717, 1.165) is 31.6 Å². The molecule has 3 unspecified atom stereocenters. The highest BCUT2D eigenvalue weighted by atomic mass is 127. The summed E-state index contributed by atoms with van der Waals surface area (Å²) in [5, 5.41) is 3.84. The van der Waals surface area contributed by atoms with Crippen LogP contribution < -0.4 is 5.32 Å². The Kier molecular flexibility index (Phi) is 4.43. The van der Waals surface area contributed by atoms with E-state index < -0.39 is 0 Å². The van der Waals surface area contributed by atoms with Gasteiger partial charge in [-0.25, -0.2) is 0 Å². The van der Waals surface area contributed by atoms with Crippen LogP contribution in [0, 0.1) is 16.7 Å². The van der Waals surface area contributed by atoms with Crippen LogP contribution in [0.4, 0.5) is 0 Å². The standard InChI is InChI=1S/C17H29N3O.HI/c1-16(2)8-9-20(11-16)15(18-3)19-13-12-5-10-21-14(12)17(13)6-4-7-17;/h12-14H,4-11H2,1-3H3,(H,18,19);1H. The van der Waals surface area contributed by atoms with Crippen molar-refractivity contribution in [2.45, 2.75) is 58.1 Å². The molecule has 2 heterocycles. The van der Waals surface area contributed by atoms with Gasteiger partial charge in [0.2, 0.25) is 0 Å². The molecular formula is C17H30IN3O. The number of hydrogen-bond donors (Lipinski definition) is 1. The average molecular weight is 419 g/mol. The minimum atomic E-state index is 0. The summed E-state index contributed by atoms with van der Waals surface area (Å²) in [6.07, 6.45) is 7.09. The van der Waals surface area contributed by atoms with E-state index in [-0.39, 0.29) is 24.0 Å². The van der Waals surface area contributed by atoms with Crippen LogP contribution >= 0.6 is 24.0 Å². The van der Waals surface area contributed by atoms with Crippen molar-refractivity contribution in [1.82, 2.24) is 10.2 Å². The van der Waals surface area contributed by atoms with Gasteiger partial charge in [0.15, 0.2) is 5.96 Å². The lowest BCUT2D eigenvalue weighted by molar-refractivity contribution is -0.171. The third-order valence-corrected chi connectivity index (χ3v) is 6.51. The number of aliphatic imine (C=N–C) groups is 1. The van der Waals surface area contributed by atoms with Crippen LogP contribution in [0.5, 0.6) is 0 Å². The van der Waals surface area contributed by atoms with Gasteiger partial charge in [0.1, 0.15) is 0 Å². The zero-order valence-corrected chi connectivity index (χ0v) is 16.4. The molecule has 2 saturated heterocycles. The van der Waals surface area contributed by atoms with Crippen molar-refractivity contribution in [3.63, 3.8) is 0 Å². The number of fused-ring (bicyclic) bond motifs is 2. The van der Waals surface area contributed by atoms with Crippen LogP contribution in [0.1, 0.15) is 46.0 Å². The molecule has 0 radical (unpaired) electrons. The molecule has 0 bridgehead atoms. The number of rotatable bonds is 1. The van der Waals surface area contributed by atoms with Gasteiger partial charge in [0.05, 0.1) is 6.10 Å². The minimum absolute atomic E-state index is 0. The lowest BCUT2D eigenvalue weighted by atomic mass is 9.46. The number of nitrogens with one attached hydrogen (secondary N) is 1. The molecule has 0 aromatic carbocycles. The molecule has 126 valence electrons. The number of likely N-dealkylation sites (tertiary alicyclic amines) is 1. The topological polar surface area (TPSA) is 36.9 Å². The highest BCUT2D eigenvalue weighted by Crippen LogP contribution is 2.62. The average Bonchev–Trinajstić information content (AvgIpc) is 2.94. The first kappa shape index (κ1) is 16.8. The zero-order chi connectivity index (χ0) is 14.7. The molecule has 22 heavy (non-hydrogen) atoms. The SMILES string of the molecule is CN=C(NC1C2CCOC2C12CCC2)N1CCC(C)(C)C1.I. The second kappa shape index (κ2) is 5.80. The Morgan fingerprint density at radius 1 is 1.27 bits per heavy atom. The maximum Gasteiger partial charge on any atom is 0.193 e. The normalized spacial score (nSPS) is 38.0. The number of halogens is 1. The van der Waals surface area contributed by atoms with Crippen LogP contribution in [0.25, 0.3) is 0 Å². The van der Waals surface area contributed by atoms with Crippen molar-refractivity contribution in [3.05, 3.63) is 0 Å². The first-order chi connectivity index (χ1) is 10.1. The highest BCUT2D eigenvalue weighted by Gasteiger charge is 2.66. The fraction of sp³-hybridized carbons (Fsp3) is 0.941. The monoisotopic (exact) mass is 419 g/mol. The van der Waals surface area contributed by atoms with Gasteiger partial charge in [0.25, 0.3) is 0 Å². The summed E-state index contributed by atoms with van der Waals surface area (Å²) in [7, 11) is 1.93. The number of nitrogens with zero attached hydrogens (tertiary/aromatic N) is 2. The van der Waals surface area contributed by atoms with Crippen LogP contribution in [0.15, 0.2) is 4.99 Å². The van der Waals surface area contributed by atoms with Crippen molar-refractivity contribution in [3.8, 4) is 0 Å². The molecular weight excluding hydrogens is 389 g/mol. The Morgan fingerprint density at radius 3 is 2.59 bits per heavy atom. The Morgan fingerprint density at radius 2 is 2.05 bits per heavy atom. The summed E-state index contributed by atoms with van der Waals surface area (Å²) in [5.41, 5.74) is 0.858. The van der Waals surface area contributed by atoms with E-state index >= 15 is 0 Å². The molecule has 2 aliphatic heterocycles. The van der Waals surface area contributed by atoms with Gasteiger partial charge in [-0.1, -0.05) is 20.3 Å². The summed E-state index contributed by atoms with van der Waals surface area (Å²) in [4.78, 5) is 7.04. The van der Waals surface area contributed by atoms with Crippen molar-refractivity contribution in [2.75, 3.05) is 26.7 Å². The second-order valence-electron chi connectivity index (χ2n) is 8.34. The summed E-state index contributed by atoms with van der Waals surface area (Å²) in [6, 6.07) is 0.598.